The van der Waals surface area contributed by atoms with Gasteiger partial charge >= 0.3 is 0 Å². The fraction of sp³-hybridized carbons (Fsp3) is 0.643. The average molecular weight is 233 g/mol. The van der Waals surface area contributed by atoms with E-state index < -0.39 is 0 Å². The first-order valence-electron chi connectivity index (χ1n) is 6.79. The van der Waals surface area contributed by atoms with Crippen LogP contribution in [0.25, 0.3) is 0 Å². The summed E-state index contributed by atoms with van der Waals surface area (Å²) in [6, 6.07) is 6.82. The third-order valence-corrected chi connectivity index (χ3v) is 3.36. The van der Waals surface area contributed by atoms with Crippen molar-refractivity contribution in [2.24, 2.45) is 0 Å². The zero-order chi connectivity index (χ0) is 11.9. The van der Waals surface area contributed by atoms with Gasteiger partial charge in [0.25, 0.3) is 0 Å². The summed E-state index contributed by atoms with van der Waals surface area (Å²) >= 11 is 0. The molecule has 1 aromatic rings. The summed E-state index contributed by atoms with van der Waals surface area (Å²) in [4.78, 5) is 6.90. The van der Waals surface area contributed by atoms with Crippen molar-refractivity contribution in [1.82, 2.24) is 10.3 Å². The van der Waals surface area contributed by atoms with Gasteiger partial charge in [-0.25, -0.2) is 4.98 Å². The molecule has 1 atom stereocenters. The van der Waals surface area contributed by atoms with Gasteiger partial charge in [-0.1, -0.05) is 19.4 Å². The van der Waals surface area contributed by atoms with Crippen LogP contribution in [0.5, 0.6) is 0 Å². The third kappa shape index (κ3) is 3.70. The Hall–Kier alpha value is -1.09. The molecule has 1 aliphatic rings. The second-order valence-electron chi connectivity index (χ2n) is 4.78. The Morgan fingerprint density at radius 1 is 1.47 bits per heavy atom. The van der Waals surface area contributed by atoms with E-state index in [2.05, 4.69) is 34.3 Å². The molecular weight excluding hydrogens is 210 g/mol. The van der Waals surface area contributed by atoms with Gasteiger partial charge in [0.15, 0.2) is 0 Å². The van der Waals surface area contributed by atoms with Crippen LogP contribution in [0.15, 0.2) is 24.4 Å². The smallest absolute Gasteiger partial charge is 0.128 e. The molecule has 2 rings (SSSR count). The SMILES string of the molecule is CCCCN(CC1CCCN1)c1ccccn1. The first kappa shape index (κ1) is 12.4. The molecule has 0 bridgehead atoms. The third-order valence-electron chi connectivity index (χ3n) is 3.36. The minimum Gasteiger partial charge on any atom is -0.355 e. The van der Waals surface area contributed by atoms with Crippen molar-refractivity contribution in [3.05, 3.63) is 24.4 Å². The number of nitrogens with one attached hydrogen (secondary N) is 1. The molecule has 1 saturated heterocycles. The maximum Gasteiger partial charge on any atom is 0.128 e. The molecule has 1 fully saturated rings. The maximum atomic E-state index is 4.47. The predicted octanol–water partition coefficient (Wildman–Crippen LogP) is 2.44. The molecule has 3 nitrogen and oxygen atoms in total. The minimum absolute atomic E-state index is 0.647. The largest absolute Gasteiger partial charge is 0.355 e. The molecule has 1 aliphatic heterocycles. The second kappa shape index (κ2) is 6.60. The normalized spacial score (nSPS) is 19.5. The van der Waals surface area contributed by atoms with Crippen LogP contribution >= 0.6 is 0 Å². The molecular formula is C14H23N3. The second-order valence-corrected chi connectivity index (χ2v) is 4.78. The molecule has 17 heavy (non-hydrogen) atoms. The zero-order valence-electron chi connectivity index (χ0n) is 10.7. The lowest BCUT2D eigenvalue weighted by molar-refractivity contribution is 0.569. The fourth-order valence-corrected chi connectivity index (χ4v) is 2.37. The maximum absolute atomic E-state index is 4.47. The Morgan fingerprint density at radius 3 is 3.06 bits per heavy atom. The highest BCUT2D eigenvalue weighted by atomic mass is 15.2. The van der Waals surface area contributed by atoms with Crippen molar-refractivity contribution in [1.29, 1.82) is 0 Å². The molecule has 1 N–H and O–H groups in total. The van der Waals surface area contributed by atoms with Crippen LogP contribution in [0.2, 0.25) is 0 Å². The van der Waals surface area contributed by atoms with E-state index in [0.29, 0.717) is 6.04 Å². The van der Waals surface area contributed by atoms with Crippen LogP contribution in [-0.2, 0) is 0 Å². The lowest BCUT2D eigenvalue weighted by atomic mass is 10.2. The first-order valence-corrected chi connectivity index (χ1v) is 6.79. The molecule has 0 aliphatic carbocycles. The Balaban J connectivity index is 1.97. The number of pyridine rings is 1. The number of rotatable bonds is 6. The topological polar surface area (TPSA) is 28.2 Å². The van der Waals surface area contributed by atoms with Gasteiger partial charge in [0.1, 0.15) is 5.82 Å². The van der Waals surface area contributed by atoms with Crippen LogP contribution in [-0.4, -0.2) is 30.7 Å². The summed E-state index contributed by atoms with van der Waals surface area (Å²) in [7, 11) is 0. The van der Waals surface area contributed by atoms with E-state index >= 15 is 0 Å². The van der Waals surface area contributed by atoms with E-state index in [-0.39, 0.29) is 0 Å². The molecule has 1 unspecified atom stereocenters. The van der Waals surface area contributed by atoms with E-state index in [4.69, 9.17) is 0 Å². The Bertz CT molecular complexity index is 307. The fourth-order valence-electron chi connectivity index (χ4n) is 2.37. The minimum atomic E-state index is 0.647. The average Bonchev–Trinajstić information content (AvgIpc) is 2.88. The van der Waals surface area contributed by atoms with E-state index in [9.17, 15) is 0 Å². The van der Waals surface area contributed by atoms with Crippen molar-refractivity contribution in [2.75, 3.05) is 24.5 Å². The number of unbranched alkanes of at least 4 members (excludes halogenated alkanes) is 1. The highest BCUT2D eigenvalue weighted by Gasteiger charge is 2.18. The van der Waals surface area contributed by atoms with Gasteiger partial charge in [-0.15, -0.1) is 0 Å². The Morgan fingerprint density at radius 2 is 2.41 bits per heavy atom. The summed E-state index contributed by atoms with van der Waals surface area (Å²) < 4.78 is 0. The van der Waals surface area contributed by atoms with Crippen LogP contribution in [0, 0.1) is 0 Å². The number of anilines is 1. The molecule has 0 spiro atoms. The highest BCUT2D eigenvalue weighted by Crippen LogP contribution is 2.14. The van der Waals surface area contributed by atoms with E-state index in [0.717, 1.165) is 18.9 Å². The van der Waals surface area contributed by atoms with Gasteiger partial charge in [0.05, 0.1) is 0 Å². The van der Waals surface area contributed by atoms with Crippen molar-refractivity contribution in [3.8, 4) is 0 Å². The number of hydrogen-bond donors (Lipinski definition) is 1. The number of hydrogen-bond acceptors (Lipinski definition) is 3. The first-order chi connectivity index (χ1) is 8.40. The lowest BCUT2D eigenvalue weighted by Crippen LogP contribution is -2.38. The van der Waals surface area contributed by atoms with Gasteiger partial charge in [-0.2, -0.15) is 0 Å². The standard InChI is InChI=1S/C14H23N3/c1-2-3-11-17(12-13-7-6-10-15-13)14-8-4-5-9-16-14/h4-5,8-9,13,15H,2-3,6-7,10-12H2,1H3. The molecule has 0 saturated carbocycles. The van der Waals surface area contributed by atoms with E-state index in [1.807, 2.05) is 12.3 Å². The number of nitrogens with zero attached hydrogens (tertiary/aromatic N) is 2. The molecule has 2 heterocycles. The molecule has 94 valence electrons. The highest BCUT2D eigenvalue weighted by molar-refractivity contribution is 5.37. The van der Waals surface area contributed by atoms with Crippen molar-refractivity contribution >= 4 is 5.82 Å². The summed E-state index contributed by atoms with van der Waals surface area (Å²) in [6.45, 7) is 5.63. The molecule has 3 heteroatoms. The summed E-state index contributed by atoms with van der Waals surface area (Å²) in [5.74, 6) is 1.12. The number of aromatic nitrogens is 1. The zero-order valence-corrected chi connectivity index (χ0v) is 10.7. The van der Waals surface area contributed by atoms with Crippen LogP contribution in [0.1, 0.15) is 32.6 Å². The van der Waals surface area contributed by atoms with Gasteiger partial charge in [0, 0.05) is 25.3 Å². The summed E-state index contributed by atoms with van der Waals surface area (Å²) in [5, 5.41) is 3.56. The quantitative estimate of drug-likeness (QED) is 0.818. The van der Waals surface area contributed by atoms with Crippen LogP contribution in [0.4, 0.5) is 5.82 Å². The van der Waals surface area contributed by atoms with Gasteiger partial charge in [-0.3, -0.25) is 0 Å². The van der Waals surface area contributed by atoms with Gasteiger partial charge in [0.2, 0.25) is 0 Å². The Labute approximate surface area is 104 Å². The molecule has 0 radical (unpaired) electrons. The van der Waals surface area contributed by atoms with Gasteiger partial charge in [-0.05, 0) is 37.9 Å². The van der Waals surface area contributed by atoms with Crippen molar-refractivity contribution < 1.29 is 0 Å². The van der Waals surface area contributed by atoms with Crippen molar-refractivity contribution in [3.63, 3.8) is 0 Å². The monoisotopic (exact) mass is 233 g/mol. The van der Waals surface area contributed by atoms with Gasteiger partial charge < -0.3 is 10.2 Å². The van der Waals surface area contributed by atoms with E-state index in [1.165, 1.54) is 32.2 Å². The molecule has 1 aromatic heterocycles. The van der Waals surface area contributed by atoms with Crippen molar-refractivity contribution in [2.45, 2.75) is 38.6 Å². The molecule has 0 aromatic carbocycles. The van der Waals surface area contributed by atoms with E-state index in [1.54, 1.807) is 0 Å². The lowest BCUT2D eigenvalue weighted by Gasteiger charge is -2.26. The Kier molecular flexibility index (Phi) is 4.80. The summed E-state index contributed by atoms with van der Waals surface area (Å²) in [5.41, 5.74) is 0. The van der Waals surface area contributed by atoms with Crippen LogP contribution in [0.3, 0.4) is 0 Å². The van der Waals surface area contributed by atoms with Crippen LogP contribution < -0.4 is 10.2 Å². The molecule has 0 amide bonds. The summed E-state index contributed by atoms with van der Waals surface area (Å²) in [6.07, 6.45) is 6.98. The predicted molar refractivity (Wildman–Crippen MR) is 72.4 cm³/mol.